The van der Waals surface area contributed by atoms with Crippen molar-refractivity contribution in [1.82, 2.24) is 9.13 Å². The summed E-state index contributed by atoms with van der Waals surface area (Å²) >= 11 is 23.7. The standard InChI is InChI=1S/C23H24ClNO3S.C19H16ClNO3S/c1-12-6-8-14(9-7-12)21(29)25-13(2)19(20(22(27)28)23(3,4)5)15-10-18(26)16(24)11-17(15)25;1-10-3-5-12(6-4-10)19(25)21-11(2)13(8-18(23)24)14-7-17(22)15(20)9-16(14)21/h6-11,20,26H,1-5H3,(H,27,28);3-7,9,22H,8H2,1-2H3,(H,23,24). The zero-order chi connectivity index (χ0) is 40.0. The molecule has 0 fully saturated rings. The predicted octanol–water partition coefficient (Wildman–Crippen LogP) is 10.5. The molecule has 4 aromatic carbocycles. The molecule has 8 nitrogen and oxygen atoms in total. The van der Waals surface area contributed by atoms with Crippen LogP contribution < -0.4 is 0 Å². The minimum absolute atomic E-state index is 0.0841. The lowest BCUT2D eigenvalue weighted by atomic mass is 9.75. The third-order valence-corrected chi connectivity index (χ3v) is 10.9. The first-order valence-electron chi connectivity index (χ1n) is 17.0. The van der Waals surface area contributed by atoms with Crippen LogP contribution in [0.4, 0.5) is 0 Å². The number of phenolic OH excluding ortho intramolecular Hbond substituents is 2. The van der Waals surface area contributed by atoms with Gasteiger partial charge in [0.05, 0.1) is 33.4 Å². The van der Waals surface area contributed by atoms with Crippen LogP contribution in [0.2, 0.25) is 10.0 Å². The predicted molar refractivity (Wildman–Crippen MR) is 224 cm³/mol. The van der Waals surface area contributed by atoms with Gasteiger partial charge in [0.2, 0.25) is 0 Å². The monoisotopic (exact) mass is 802 g/mol. The zero-order valence-electron chi connectivity index (χ0n) is 30.8. The number of aromatic hydroxyl groups is 2. The Morgan fingerprint density at radius 2 is 1.09 bits per heavy atom. The smallest absolute Gasteiger partial charge is 0.311 e. The summed E-state index contributed by atoms with van der Waals surface area (Å²) in [4.78, 5) is 24.6. The van der Waals surface area contributed by atoms with Crippen molar-refractivity contribution in [1.29, 1.82) is 0 Å². The number of carbonyl (C=O) groups is 2. The van der Waals surface area contributed by atoms with Crippen molar-refractivity contribution >= 4 is 91.4 Å². The molecule has 0 radical (unpaired) electrons. The van der Waals surface area contributed by atoms with E-state index in [9.17, 15) is 30.0 Å². The number of phenols is 2. The third kappa shape index (κ3) is 7.88. The van der Waals surface area contributed by atoms with Crippen molar-refractivity contribution in [3.8, 4) is 11.5 Å². The Kier molecular flexibility index (Phi) is 11.6. The fraction of sp³-hybridized carbons (Fsp3) is 0.238. The van der Waals surface area contributed by atoms with E-state index in [0.29, 0.717) is 42.9 Å². The first kappa shape index (κ1) is 40.4. The Hall–Kier alpha value is -4.74. The summed E-state index contributed by atoms with van der Waals surface area (Å²) in [5.74, 6) is -2.82. The Morgan fingerprint density at radius 3 is 1.50 bits per heavy atom. The number of fused-ring (bicyclic) bond motifs is 2. The van der Waals surface area contributed by atoms with Crippen molar-refractivity contribution in [2.24, 2.45) is 5.41 Å². The summed E-state index contributed by atoms with van der Waals surface area (Å²) in [6.45, 7) is 13.4. The maximum Gasteiger partial charge on any atom is 0.311 e. The van der Waals surface area contributed by atoms with E-state index in [4.69, 9.17) is 47.6 Å². The number of hydrogen-bond acceptors (Lipinski definition) is 6. The van der Waals surface area contributed by atoms with E-state index in [1.165, 1.54) is 12.1 Å². The van der Waals surface area contributed by atoms with Gasteiger partial charge in [-0.05, 0) is 68.5 Å². The Labute approximate surface area is 334 Å². The molecular weight excluding hydrogens is 764 g/mol. The largest absolute Gasteiger partial charge is 0.506 e. The lowest BCUT2D eigenvalue weighted by molar-refractivity contribution is -0.141. The number of hydrogen-bond donors (Lipinski definition) is 4. The van der Waals surface area contributed by atoms with Crippen LogP contribution in [0.3, 0.4) is 0 Å². The number of carboxylic acids is 2. The minimum atomic E-state index is -0.946. The van der Waals surface area contributed by atoms with Gasteiger partial charge in [0.25, 0.3) is 0 Å². The molecule has 1 unspecified atom stereocenters. The summed E-state index contributed by atoms with van der Waals surface area (Å²) in [7, 11) is 0. The van der Waals surface area contributed by atoms with Gasteiger partial charge in [0.1, 0.15) is 21.5 Å². The van der Waals surface area contributed by atoms with E-state index < -0.39 is 23.3 Å². The highest BCUT2D eigenvalue weighted by molar-refractivity contribution is 7.81. The van der Waals surface area contributed by atoms with Crippen molar-refractivity contribution in [3.63, 3.8) is 0 Å². The van der Waals surface area contributed by atoms with Crippen LogP contribution in [0.1, 0.15) is 71.5 Å². The molecule has 6 aromatic rings. The van der Waals surface area contributed by atoms with Gasteiger partial charge < -0.3 is 29.6 Å². The van der Waals surface area contributed by atoms with Gasteiger partial charge in [-0.1, -0.05) is 128 Å². The molecule has 54 heavy (non-hydrogen) atoms. The normalized spacial score (nSPS) is 12.0. The van der Waals surface area contributed by atoms with E-state index >= 15 is 0 Å². The molecule has 0 aliphatic heterocycles. The number of rotatable bonds is 6. The van der Waals surface area contributed by atoms with Gasteiger partial charge in [-0.2, -0.15) is 0 Å². The molecule has 4 N–H and O–H groups in total. The SMILES string of the molecule is Cc1ccc(C(=S)n2c(C)c(C(C(=O)O)C(C)(C)C)c3cc(O)c(Cl)cc32)cc1.Cc1ccc(C(=S)n2c(C)c(CC(=O)O)c3cc(O)c(Cl)cc32)cc1. The van der Waals surface area contributed by atoms with Crippen LogP contribution in [0.15, 0.2) is 72.8 Å². The zero-order valence-corrected chi connectivity index (χ0v) is 33.9. The van der Waals surface area contributed by atoms with Crippen molar-refractivity contribution in [2.45, 2.75) is 60.8 Å². The topological polar surface area (TPSA) is 125 Å². The molecule has 0 spiro atoms. The lowest BCUT2D eigenvalue weighted by Crippen LogP contribution is -2.27. The van der Waals surface area contributed by atoms with E-state index in [2.05, 4.69) is 0 Å². The van der Waals surface area contributed by atoms with Crippen LogP contribution in [0.25, 0.3) is 21.8 Å². The van der Waals surface area contributed by atoms with E-state index in [0.717, 1.165) is 33.6 Å². The molecule has 12 heteroatoms. The lowest BCUT2D eigenvalue weighted by Gasteiger charge is -2.28. The molecule has 0 aliphatic rings. The highest BCUT2D eigenvalue weighted by Gasteiger charge is 2.37. The van der Waals surface area contributed by atoms with Gasteiger partial charge in [-0.25, -0.2) is 0 Å². The van der Waals surface area contributed by atoms with Crippen LogP contribution in [-0.4, -0.2) is 51.5 Å². The quantitative estimate of drug-likeness (QED) is 0.123. The molecule has 2 aromatic heterocycles. The molecule has 6 rings (SSSR count). The second kappa shape index (κ2) is 15.5. The average Bonchev–Trinajstić information content (AvgIpc) is 3.49. The minimum Gasteiger partial charge on any atom is -0.506 e. The van der Waals surface area contributed by atoms with Crippen molar-refractivity contribution < 1.29 is 30.0 Å². The van der Waals surface area contributed by atoms with E-state index in [1.807, 2.05) is 106 Å². The molecule has 0 bridgehead atoms. The summed E-state index contributed by atoms with van der Waals surface area (Å²) < 4.78 is 3.68. The molecule has 1 atom stereocenters. The van der Waals surface area contributed by atoms with E-state index in [-0.39, 0.29) is 28.0 Å². The molecule has 280 valence electrons. The second-order valence-electron chi connectivity index (χ2n) is 14.4. The molecular formula is C42H40Cl2N2O6S2. The number of halogens is 2. The molecule has 2 heterocycles. The summed E-state index contributed by atoms with van der Waals surface area (Å²) in [6, 6.07) is 22.0. The van der Waals surface area contributed by atoms with Crippen molar-refractivity contribution in [3.05, 3.63) is 128 Å². The van der Waals surface area contributed by atoms with Gasteiger partial charge in [0.15, 0.2) is 0 Å². The summed E-state index contributed by atoms with van der Waals surface area (Å²) in [6.07, 6.45) is -0.160. The van der Waals surface area contributed by atoms with Crippen LogP contribution in [0.5, 0.6) is 11.5 Å². The molecule has 0 aliphatic carbocycles. The first-order chi connectivity index (χ1) is 25.2. The van der Waals surface area contributed by atoms with Crippen LogP contribution in [0, 0.1) is 33.1 Å². The molecule has 0 saturated carbocycles. The first-order valence-corrected chi connectivity index (χ1v) is 18.5. The number of thiocarbonyl (C=S) groups is 2. The second-order valence-corrected chi connectivity index (χ2v) is 16.0. The van der Waals surface area contributed by atoms with E-state index in [1.54, 1.807) is 12.1 Å². The fourth-order valence-electron chi connectivity index (χ4n) is 6.78. The number of aliphatic carboxylic acids is 2. The Morgan fingerprint density at radius 1 is 0.685 bits per heavy atom. The van der Waals surface area contributed by atoms with Crippen LogP contribution >= 0.6 is 47.6 Å². The summed E-state index contributed by atoms with van der Waals surface area (Å²) in [5, 5.41) is 41.1. The number of benzene rings is 4. The van der Waals surface area contributed by atoms with Crippen LogP contribution in [-0.2, 0) is 16.0 Å². The van der Waals surface area contributed by atoms with Gasteiger partial charge >= 0.3 is 11.9 Å². The van der Waals surface area contributed by atoms with Gasteiger partial charge in [-0.3, -0.25) is 9.59 Å². The highest BCUT2D eigenvalue weighted by Crippen LogP contribution is 2.44. The maximum absolute atomic E-state index is 12.3. The van der Waals surface area contributed by atoms with Crippen molar-refractivity contribution in [2.75, 3.05) is 0 Å². The highest BCUT2D eigenvalue weighted by atomic mass is 35.5. The Bertz CT molecular complexity index is 2480. The third-order valence-electron chi connectivity index (χ3n) is 9.46. The average molecular weight is 804 g/mol. The fourth-order valence-corrected chi connectivity index (χ4v) is 7.83. The number of carboxylic acid groups (broad SMARTS) is 2. The Balaban J connectivity index is 0.000000210. The van der Waals surface area contributed by atoms with Gasteiger partial charge in [0, 0.05) is 33.3 Å². The van der Waals surface area contributed by atoms with Gasteiger partial charge in [-0.15, -0.1) is 0 Å². The summed E-state index contributed by atoms with van der Waals surface area (Å²) in [5.41, 5.74) is 7.48. The number of nitrogens with zero attached hydrogens (tertiary/aromatic N) is 2. The number of aromatic nitrogens is 2. The molecule has 0 saturated heterocycles. The maximum atomic E-state index is 12.3. The molecule has 0 amide bonds. The number of aryl methyl sites for hydroxylation is 2.